The van der Waals surface area contributed by atoms with E-state index in [1.54, 1.807) is 30.6 Å². The predicted octanol–water partition coefficient (Wildman–Crippen LogP) is 3.34. The summed E-state index contributed by atoms with van der Waals surface area (Å²) >= 11 is 3.48. The van der Waals surface area contributed by atoms with E-state index in [0.717, 1.165) is 15.7 Å². The van der Waals surface area contributed by atoms with Crippen LogP contribution in [0.1, 0.15) is 39.7 Å². The van der Waals surface area contributed by atoms with Crippen LogP contribution in [0.25, 0.3) is 0 Å². The second kappa shape index (κ2) is 8.83. The monoisotopic (exact) mass is 480 g/mol. The topological polar surface area (TPSA) is 82.2 Å². The molecule has 3 rings (SSSR count). The smallest absolute Gasteiger partial charge is 0.407 e. The minimum Gasteiger partial charge on any atom is -0.444 e. The van der Waals surface area contributed by atoms with Crippen LogP contribution in [0, 0.1) is 0 Å². The maximum Gasteiger partial charge on any atom is 0.407 e. The summed E-state index contributed by atoms with van der Waals surface area (Å²) in [7, 11) is 0. The first-order valence-corrected chi connectivity index (χ1v) is 11.0. The molecule has 30 heavy (non-hydrogen) atoms. The Bertz CT molecular complexity index is 833. The van der Waals surface area contributed by atoms with E-state index in [0.29, 0.717) is 32.6 Å². The van der Waals surface area contributed by atoms with Gasteiger partial charge in [-0.3, -0.25) is 9.69 Å². The Hall–Kier alpha value is -2.29. The fraction of sp³-hybridized carbons (Fsp3) is 0.571. The molecule has 0 unspecified atom stereocenters. The summed E-state index contributed by atoms with van der Waals surface area (Å²) in [5.41, 5.74) is 1.29. The molecule has 1 aromatic rings. The highest BCUT2D eigenvalue weighted by molar-refractivity contribution is 9.10. The highest BCUT2D eigenvalue weighted by atomic mass is 79.9. The van der Waals surface area contributed by atoms with Gasteiger partial charge >= 0.3 is 12.1 Å². The van der Waals surface area contributed by atoms with Gasteiger partial charge in [0, 0.05) is 43.6 Å². The summed E-state index contributed by atoms with van der Waals surface area (Å²) in [5, 5.41) is 2.72. The number of benzene rings is 1. The van der Waals surface area contributed by atoms with Crippen LogP contribution in [0.5, 0.6) is 0 Å². The van der Waals surface area contributed by atoms with E-state index in [1.165, 1.54) is 0 Å². The van der Waals surface area contributed by atoms with Crippen LogP contribution in [0.15, 0.2) is 22.7 Å². The van der Waals surface area contributed by atoms with Crippen LogP contribution < -0.4 is 10.2 Å². The molecule has 1 saturated heterocycles. The average molecular weight is 481 g/mol. The van der Waals surface area contributed by atoms with Crippen LogP contribution >= 0.6 is 15.9 Å². The molecule has 2 aliphatic heterocycles. The maximum atomic E-state index is 13.3. The largest absolute Gasteiger partial charge is 0.444 e. The summed E-state index contributed by atoms with van der Waals surface area (Å²) in [5.74, 6) is 0.110. The Morgan fingerprint density at radius 3 is 2.60 bits per heavy atom. The van der Waals surface area contributed by atoms with Crippen molar-refractivity contribution in [3.8, 4) is 0 Å². The van der Waals surface area contributed by atoms with Crippen molar-refractivity contribution in [3.63, 3.8) is 0 Å². The Morgan fingerprint density at radius 1 is 1.27 bits per heavy atom. The van der Waals surface area contributed by atoms with Gasteiger partial charge in [0.2, 0.25) is 5.91 Å². The third-order valence-electron chi connectivity index (χ3n) is 5.12. The number of nitrogens with one attached hydrogen (secondary N) is 1. The van der Waals surface area contributed by atoms with Crippen molar-refractivity contribution < 1.29 is 19.1 Å². The summed E-state index contributed by atoms with van der Waals surface area (Å²) in [6.07, 6.45) is -0.0361. The first-order chi connectivity index (χ1) is 14.1. The number of fused-ring (bicyclic) bond motifs is 1. The van der Waals surface area contributed by atoms with Gasteiger partial charge in [0.05, 0.1) is 11.7 Å². The summed E-state index contributed by atoms with van der Waals surface area (Å²) in [6.45, 7) is 9.48. The lowest BCUT2D eigenvalue weighted by molar-refractivity contribution is -0.137. The quantitative estimate of drug-likeness (QED) is 0.700. The fourth-order valence-electron chi connectivity index (χ4n) is 3.60. The number of carbonyl (C=O) groups excluding carboxylic acids is 3. The average Bonchev–Trinajstić information content (AvgIpc) is 2.61. The number of urea groups is 1. The first-order valence-electron chi connectivity index (χ1n) is 10.2. The lowest BCUT2D eigenvalue weighted by atomic mass is 10.0. The lowest BCUT2D eigenvalue weighted by Crippen LogP contribution is -2.65. The molecule has 0 radical (unpaired) electrons. The van der Waals surface area contributed by atoms with Crippen molar-refractivity contribution in [2.75, 3.05) is 31.1 Å². The Kier molecular flexibility index (Phi) is 6.59. The number of nitrogens with zero attached hydrogens (tertiary/aromatic N) is 3. The van der Waals surface area contributed by atoms with E-state index in [4.69, 9.17) is 4.74 Å². The zero-order valence-corrected chi connectivity index (χ0v) is 19.5. The van der Waals surface area contributed by atoms with E-state index in [9.17, 15) is 14.4 Å². The number of carbonyl (C=O) groups is 3. The van der Waals surface area contributed by atoms with Gasteiger partial charge in [-0.1, -0.05) is 28.9 Å². The standard InChI is InChI=1S/C21H29BrN4O4/c1-5-18(27)24-12-16(13-24)26-11-14-6-7-15(22)10-17(14)25(20(26)29)9-8-23-19(28)30-21(2,3)4/h6-7,10,16H,5,8-9,11-13H2,1-4H3,(H,23,28). The number of alkyl carbamates (subject to hydrolysis) is 1. The molecule has 4 amide bonds. The van der Waals surface area contributed by atoms with Crippen molar-refractivity contribution in [2.45, 2.75) is 52.3 Å². The minimum absolute atomic E-state index is 0.00566. The normalized spacial score (nSPS) is 16.8. The maximum absolute atomic E-state index is 13.3. The highest BCUT2D eigenvalue weighted by Crippen LogP contribution is 2.33. The van der Waals surface area contributed by atoms with Crippen molar-refractivity contribution in [2.24, 2.45) is 0 Å². The zero-order chi connectivity index (χ0) is 22.1. The Labute approximate surface area is 185 Å². The van der Waals surface area contributed by atoms with Crippen molar-refractivity contribution in [1.82, 2.24) is 15.1 Å². The molecule has 0 aliphatic carbocycles. The Morgan fingerprint density at radius 2 is 1.97 bits per heavy atom. The van der Waals surface area contributed by atoms with Gasteiger partial charge in [-0.05, 0) is 38.5 Å². The molecular weight excluding hydrogens is 452 g/mol. The second-order valence-corrected chi connectivity index (χ2v) is 9.49. The highest BCUT2D eigenvalue weighted by Gasteiger charge is 2.41. The minimum atomic E-state index is -0.578. The third-order valence-corrected chi connectivity index (χ3v) is 5.61. The zero-order valence-electron chi connectivity index (χ0n) is 17.9. The summed E-state index contributed by atoms with van der Waals surface area (Å²) in [6, 6.07) is 5.77. The van der Waals surface area contributed by atoms with Gasteiger partial charge in [0.15, 0.2) is 0 Å². The van der Waals surface area contributed by atoms with Gasteiger partial charge in [0.1, 0.15) is 5.60 Å². The van der Waals surface area contributed by atoms with E-state index >= 15 is 0 Å². The van der Waals surface area contributed by atoms with Crippen LogP contribution in [-0.2, 0) is 16.1 Å². The molecule has 0 saturated carbocycles. The van der Waals surface area contributed by atoms with Gasteiger partial charge in [-0.15, -0.1) is 0 Å². The molecule has 1 N–H and O–H groups in total. The van der Waals surface area contributed by atoms with Crippen molar-refractivity contribution in [3.05, 3.63) is 28.2 Å². The van der Waals surface area contributed by atoms with E-state index in [-0.39, 0.29) is 24.5 Å². The molecule has 2 heterocycles. The van der Waals surface area contributed by atoms with E-state index in [2.05, 4.69) is 21.2 Å². The summed E-state index contributed by atoms with van der Waals surface area (Å²) < 4.78 is 6.15. The van der Waals surface area contributed by atoms with Gasteiger partial charge < -0.3 is 19.9 Å². The van der Waals surface area contributed by atoms with E-state index < -0.39 is 11.7 Å². The molecule has 164 valence electrons. The summed E-state index contributed by atoms with van der Waals surface area (Å²) in [4.78, 5) is 42.4. The second-order valence-electron chi connectivity index (χ2n) is 8.57. The fourth-order valence-corrected chi connectivity index (χ4v) is 3.95. The number of hydrogen-bond donors (Lipinski definition) is 1. The number of hydrogen-bond acceptors (Lipinski definition) is 4. The van der Waals surface area contributed by atoms with Crippen LogP contribution in [-0.4, -0.2) is 65.7 Å². The number of halogens is 1. The number of rotatable bonds is 5. The molecule has 0 spiro atoms. The predicted molar refractivity (Wildman–Crippen MR) is 117 cm³/mol. The van der Waals surface area contributed by atoms with Gasteiger partial charge in [0.25, 0.3) is 0 Å². The first kappa shape index (κ1) is 22.4. The van der Waals surface area contributed by atoms with Gasteiger partial charge in [-0.25, -0.2) is 9.59 Å². The molecule has 0 atom stereocenters. The van der Waals surface area contributed by atoms with Crippen LogP contribution in [0.3, 0.4) is 0 Å². The molecule has 0 bridgehead atoms. The molecular formula is C21H29BrN4O4. The van der Waals surface area contributed by atoms with E-state index in [1.807, 2.05) is 30.0 Å². The number of anilines is 1. The Balaban J connectivity index is 1.69. The number of likely N-dealkylation sites (tertiary alicyclic amines) is 1. The molecule has 8 nitrogen and oxygen atoms in total. The van der Waals surface area contributed by atoms with Crippen LogP contribution in [0.2, 0.25) is 0 Å². The number of amides is 4. The molecule has 0 aromatic heterocycles. The van der Waals surface area contributed by atoms with Crippen LogP contribution in [0.4, 0.5) is 15.3 Å². The number of ether oxygens (including phenoxy) is 1. The molecule has 1 aromatic carbocycles. The SMILES string of the molecule is CCC(=O)N1CC(N2Cc3ccc(Br)cc3N(CCNC(=O)OC(C)(C)C)C2=O)C1. The third kappa shape index (κ3) is 5.06. The molecule has 9 heteroatoms. The lowest BCUT2D eigenvalue weighted by Gasteiger charge is -2.48. The molecule has 2 aliphatic rings. The van der Waals surface area contributed by atoms with Gasteiger partial charge in [-0.2, -0.15) is 0 Å². The van der Waals surface area contributed by atoms with Crippen molar-refractivity contribution in [1.29, 1.82) is 0 Å². The van der Waals surface area contributed by atoms with Crippen molar-refractivity contribution >= 4 is 39.6 Å². The molecule has 1 fully saturated rings.